The molecular formula is C27H40N4O4. The Morgan fingerprint density at radius 2 is 1.83 bits per heavy atom. The standard InChI is InChI=1S/C27H40N4O4/c1-15-16(2)27(15)13-22(25(34)29-21-12-8-10-19-9-6-7-11-20(19)21)31(14-27)26(35)23(18(4)32)30-24(33)17(3)28-5/h6-7,9,11,15-18,21-23,28,32H,8,10,12-14H2,1-5H3,(H,29,34)(H,30,33)/t15?,16?,17-,18-,21?,22-,23-,27?/m0/s1. The van der Waals surface area contributed by atoms with Crippen LogP contribution < -0.4 is 16.0 Å². The Morgan fingerprint density at radius 3 is 2.46 bits per heavy atom. The van der Waals surface area contributed by atoms with Gasteiger partial charge in [-0.1, -0.05) is 38.1 Å². The van der Waals surface area contributed by atoms with Crippen LogP contribution in [0.15, 0.2) is 24.3 Å². The average molecular weight is 485 g/mol. The van der Waals surface area contributed by atoms with Gasteiger partial charge in [0.15, 0.2) is 0 Å². The number of benzene rings is 1. The van der Waals surface area contributed by atoms with E-state index in [4.69, 9.17) is 0 Å². The minimum Gasteiger partial charge on any atom is -0.391 e. The molecule has 1 saturated carbocycles. The molecule has 8 nitrogen and oxygen atoms in total. The Hall–Kier alpha value is -2.45. The highest BCUT2D eigenvalue weighted by Gasteiger charge is 2.66. The molecule has 192 valence electrons. The maximum Gasteiger partial charge on any atom is 0.248 e. The molecule has 1 saturated heterocycles. The van der Waals surface area contributed by atoms with Crippen molar-refractivity contribution >= 4 is 17.7 Å². The van der Waals surface area contributed by atoms with Crippen LogP contribution in [0.5, 0.6) is 0 Å². The number of hydrogen-bond donors (Lipinski definition) is 4. The fourth-order valence-corrected chi connectivity index (χ4v) is 6.18. The Morgan fingerprint density at radius 1 is 1.14 bits per heavy atom. The van der Waals surface area contributed by atoms with Gasteiger partial charge in [-0.25, -0.2) is 0 Å². The number of hydrogen-bond acceptors (Lipinski definition) is 5. The molecule has 3 aliphatic rings. The SMILES string of the molecule is CN[C@@H](C)C(=O)N[C@H](C(=O)N1CC2(C[C@H]1C(=O)NC1CCCc3ccccc31)C(C)C2C)[C@H](C)O. The second-order valence-electron chi connectivity index (χ2n) is 10.9. The van der Waals surface area contributed by atoms with Crippen molar-refractivity contribution in [3.05, 3.63) is 35.4 Å². The molecule has 1 spiro atoms. The number of likely N-dealkylation sites (tertiary alicyclic amines) is 1. The van der Waals surface area contributed by atoms with Gasteiger partial charge in [0.1, 0.15) is 12.1 Å². The summed E-state index contributed by atoms with van der Waals surface area (Å²) in [4.78, 5) is 41.5. The molecule has 4 N–H and O–H groups in total. The van der Waals surface area contributed by atoms with E-state index in [0.717, 1.165) is 24.8 Å². The van der Waals surface area contributed by atoms with E-state index in [1.165, 1.54) is 12.5 Å². The quantitative estimate of drug-likeness (QED) is 0.469. The highest BCUT2D eigenvalue weighted by Crippen LogP contribution is 2.64. The highest BCUT2D eigenvalue weighted by atomic mass is 16.3. The number of aliphatic hydroxyl groups is 1. The van der Waals surface area contributed by atoms with Crippen LogP contribution in [0.1, 0.15) is 64.1 Å². The minimum atomic E-state index is -1.11. The second-order valence-corrected chi connectivity index (χ2v) is 10.9. The minimum absolute atomic E-state index is 0.0706. The number of likely N-dealkylation sites (N-methyl/N-ethyl adjacent to an activating group) is 1. The molecule has 1 aliphatic heterocycles. The van der Waals surface area contributed by atoms with Crippen molar-refractivity contribution in [1.29, 1.82) is 0 Å². The Bertz CT molecular complexity index is 972. The average Bonchev–Trinajstić information content (AvgIpc) is 3.18. The molecule has 0 bridgehead atoms. The first-order chi connectivity index (χ1) is 16.6. The van der Waals surface area contributed by atoms with Gasteiger partial charge in [-0.15, -0.1) is 0 Å². The molecule has 2 fully saturated rings. The zero-order chi connectivity index (χ0) is 25.5. The fourth-order valence-electron chi connectivity index (χ4n) is 6.18. The number of aliphatic hydroxyl groups excluding tert-OH is 1. The van der Waals surface area contributed by atoms with Crippen molar-refractivity contribution in [2.45, 2.75) is 83.6 Å². The van der Waals surface area contributed by atoms with E-state index in [-0.39, 0.29) is 23.3 Å². The number of carbonyl (C=O) groups is 3. The van der Waals surface area contributed by atoms with Crippen LogP contribution >= 0.6 is 0 Å². The van der Waals surface area contributed by atoms with Crippen molar-refractivity contribution in [3.63, 3.8) is 0 Å². The van der Waals surface area contributed by atoms with Crippen LogP contribution in [-0.2, 0) is 20.8 Å². The molecule has 7 atom stereocenters. The molecule has 3 amide bonds. The third kappa shape index (κ3) is 4.70. The van der Waals surface area contributed by atoms with Crippen molar-refractivity contribution < 1.29 is 19.5 Å². The Labute approximate surface area is 208 Å². The normalized spacial score (nSPS) is 31.9. The monoisotopic (exact) mass is 484 g/mol. The lowest BCUT2D eigenvalue weighted by atomic mass is 9.87. The topological polar surface area (TPSA) is 111 Å². The first-order valence-electron chi connectivity index (χ1n) is 12.9. The van der Waals surface area contributed by atoms with Gasteiger partial charge in [0, 0.05) is 6.54 Å². The lowest BCUT2D eigenvalue weighted by molar-refractivity contribution is -0.144. The van der Waals surface area contributed by atoms with Crippen LogP contribution in [0, 0.1) is 17.3 Å². The van der Waals surface area contributed by atoms with Crippen LogP contribution in [-0.4, -0.2) is 65.5 Å². The molecule has 2 aliphatic carbocycles. The van der Waals surface area contributed by atoms with E-state index in [2.05, 4.69) is 41.9 Å². The zero-order valence-corrected chi connectivity index (χ0v) is 21.5. The van der Waals surface area contributed by atoms with E-state index in [1.807, 2.05) is 12.1 Å². The fraction of sp³-hybridized carbons (Fsp3) is 0.667. The summed E-state index contributed by atoms with van der Waals surface area (Å²) in [5, 5.41) is 19.2. The number of aryl methyl sites for hydroxylation is 1. The van der Waals surface area contributed by atoms with Crippen LogP contribution in [0.4, 0.5) is 0 Å². The maximum atomic E-state index is 13.7. The summed E-state index contributed by atoms with van der Waals surface area (Å²) in [6, 6.07) is 5.91. The molecule has 0 radical (unpaired) electrons. The van der Waals surface area contributed by atoms with Crippen LogP contribution in [0.2, 0.25) is 0 Å². The predicted octanol–water partition coefficient (Wildman–Crippen LogP) is 1.53. The summed E-state index contributed by atoms with van der Waals surface area (Å²) >= 11 is 0. The van der Waals surface area contributed by atoms with Gasteiger partial charge in [0.25, 0.3) is 0 Å². The zero-order valence-electron chi connectivity index (χ0n) is 21.5. The van der Waals surface area contributed by atoms with E-state index in [0.29, 0.717) is 24.8 Å². The third-order valence-corrected chi connectivity index (χ3v) is 9.01. The third-order valence-electron chi connectivity index (χ3n) is 9.01. The van der Waals surface area contributed by atoms with E-state index < -0.39 is 30.1 Å². The van der Waals surface area contributed by atoms with E-state index in [9.17, 15) is 19.5 Å². The summed E-state index contributed by atoms with van der Waals surface area (Å²) in [6.45, 7) is 8.00. The summed E-state index contributed by atoms with van der Waals surface area (Å²) in [7, 11) is 1.66. The molecule has 4 rings (SSSR count). The first kappa shape index (κ1) is 25.6. The predicted molar refractivity (Wildman–Crippen MR) is 133 cm³/mol. The lowest BCUT2D eigenvalue weighted by Crippen LogP contribution is -2.59. The molecule has 0 aromatic heterocycles. The van der Waals surface area contributed by atoms with Crippen LogP contribution in [0.25, 0.3) is 0 Å². The second kappa shape index (κ2) is 9.90. The van der Waals surface area contributed by atoms with Crippen LogP contribution in [0.3, 0.4) is 0 Å². The van der Waals surface area contributed by atoms with Crippen molar-refractivity contribution in [1.82, 2.24) is 20.9 Å². The summed E-state index contributed by atoms with van der Waals surface area (Å²) in [5.74, 6) is -0.0926. The Balaban J connectivity index is 1.56. The molecule has 1 heterocycles. The van der Waals surface area contributed by atoms with Gasteiger partial charge in [-0.05, 0) is 75.0 Å². The van der Waals surface area contributed by atoms with Crippen molar-refractivity contribution in [2.24, 2.45) is 17.3 Å². The van der Waals surface area contributed by atoms with E-state index in [1.54, 1.807) is 18.9 Å². The molecular weight excluding hydrogens is 444 g/mol. The lowest BCUT2D eigenvalue weighted by Gasteiger charge is -2.32. The maximum absolute atomic E-state index is 13.7. The van der Waals surface area contributed by atoms with Crippen molar-refractivity contribution in [3.8, 4) is 0 Å². The largest absolute Gasteiger partial charge is 0.391 e. The van der Waals surface area contributed by atoms with Gasteiger partial charge >= 0.3 is 0 Å². The summed E-state index contributed by atoms with van der Waals surface area (Å²) in [6.07, 6.45) is 2.41. The molecule has 3 unspecified atom stereocenters. The number of amides is 3. The number of rotatable bonds is 7. The van der Waals surface area contributed by atoms with E-state index >= 15 is 0 Å². The summed E-state index contributed by atoms with van der Waals surface area (Å²) < 4.78 is 0. The van der Waals surface area contributed by atoms with Gasteiger partial charge < -0.3 is 26.0 Å². The first-order valence-corrected chi connectivity index (χ1v) is 12.9. The van der Waals surface area contributed by atoms with Crippen molar-refractivity contribution in [2.75, 3.05) is 13.6 Å². The van der Waals surface area contributed by atoms with Gasteiger partial charge in [-0.3, -0.25) is 14.4 Å². The molecule has 8 heteroatoms. The molecule has 1 aromatic carbocycles. The number of carbonyl (C=O) groups excluding carboxylic acids is 3. The number of nitrogens with zero attached hydrogens (tertiary/aromatic N) is 1. The van der Waals surface area contributed by atoms with Gasteiger partial charge in [-0.2, -0.15) is 0 Å². The highest BCUT2D eigenvalue weighted by molar-refractivity contribution is 5.94. The molecule has 35 heavy (non-hydrogen) atoms. The van der Waals surface area contributed by atoms with Gasteiger partial charge in [0.05, 0.1) is 18.2 Å². The van der Waals surface area contributed by atoms with Gasteiger partial charge in [0.2, 0.25) is 17.7 Å². The number of fused-ring (bicyclic) bond motifs is 1. The summed E-state index contributed by atoms with van der Waals surface area (Å²) in [5.41, 5.74) is 2.33. The molecule has 1 aromatic rings. The Kier molecular flexibility index (Phi) is 7.25. The smallest absolute Gasteiger partial charge is 0.248 e. The number of nitrogens with one attached hydrogen (secondary N) is 3.